The predicted molar refractivity (Wildman–Crippen MR) is 99.2 cm³/mol. The lowest BCUT2D eigenvalue weighted by Crippen LogP contribution is -2.31. The van der Waals surface area contributed by atoms with Crippen molar-refractivity contribution < 1.29 is 23.0 Å². The summed E-state index contributed by atoms with van der Waals surface area (Å²) in [6.07, 6.45) is 1.63. The van der Waals surface area contributed by atoms with Gasteiger partial charge >= 0.3 is 0 Å². The maximum Gasteiger partial charge on any atom is 0.258 e. The number of hydrogen-bond acceptors (Lipinski definition) is 4. The second-order valence-electron chi connectivity index (χ2n) is 5.99. The third kappa shape index (κ3) is 5.26. The zero-order valence-electron chi connectivity index (χ0n) is 15.1. The summed E-state index contributed by atoms with van der Waals surface area (Å²) in [4.78, 5) is 16.1. The summed E-state index contributed by atoms with van der Waals surface area (Å²) in [5, 5.41) is 2.67. The molecular formula is C21H18F2N2O3. The molecule has 144 valence electrons. The highest BCUT2D eigenvalue weighted by molar-refractivity contribution is 5.78. The van der Waals surface area contributed by atoms with E-state index in [1.807, 2.05) is 6.07 Å². The molecule has 0 spiro atoms. The molecule has 0 saturated heterocycles. The first-order chi connectivity index (χ1) is 13.5. The fraction of sp³-hybridized carbons (Fsp3) is 0.143. The van der Waals surface area contributed by atoms with Crippen LogP contribution in [0.1, 0.15) is 18.5 Å². The Bertz CT molecular complexity index is 934. The molecule has 0 fully saturated rings. The van der Waals surface area contributed by atoms with Gasteiger partial charge in [0.15, 0.2) is 18.2 Å². The van der Waals surface area contributed by atoms with Crippen LogP contribution in [0, 0.1) is 11.6 Å². The number of nitrogens with zero attached hydrogens (tertiary/aromatic N) is 1. The molecule has 2 aromatic carbocycles. The van der Waals surface area contributed by atoms with Crippen LogP contribution in [0.4, 0.5) is 8.78 Å². The average Bonchev–Trinajstić information content (AvgIpc) is 2.70. The summed E-state index contributed by atoms with van der Waals surface area (Å²) in [5.41, 5.74) is 0.461. The van der Waals surface area contributed by atoms with Crippen LogP contribution in [0.2, 0.25) is 0 Å². The number of aromatic nitrogens is 1. The first kappa shape index (κ1) is 19.3. The van der Waals surface area contributed by atoms with Crippen molar-refractivity contribution in [2.75, 3.05) is 6.61 Å². The largest absolute Gasteiger partial charge is 0.484 e. The van der Waals surface area contributed by atoms with Crippen molar-refractivity contribution in [1.82, 2.24) is 10.3 Å². The number of ether oxygens (including phenoxy) is 2. The highest BCUT2D eigenvalue weighted by atomic mass is 19.2. The van der Waals surface area contributed by atoms with E-state index in [1.165, 1.54) is 6.07 Å². The van der Waals surface area contributed by atoms with E-state index in [0.29, 0.717) is 22.9 Å². The quantitative estimate of drug-likeness (QED) is 0.656. The first-order valence-corrected chi connectivity index (χ1v) is 8.57. The van der Waals surface area contributed by atoms with E-state index in [1.54, 1.807) is 49.5 Å². The van der Waals surface area contributed by atoms with E-state index in [4.69, 9.17) is 9.47 Å². The maximum atomic E-state index is 13.3. The lowest BCUT2D eigenvalue weighted by molar-refractivity contribution is -0.123. The third-order valence-corrected chi connectivity index (χ3v) is 3.87. The highest BCUT2D eigenvalue weighted by Crippen LogP contribution is 2.22. The number of pyridine rings is 1. The number of rotatable bonds is 7. The van der Waals surface area contributed by atoms with Crippen molar-refractivity contribution in [3.63, 3.8) is 0 Å². The Kier molecular flexibility index (Phi) is 6.16. The van der Waals surface area contributed by atoms with Crippen molar-refractivity contribution >= 4 is 5.91 Å². The molecule has 1 atom stereocenters. The van der Waals surface area contributed by atoms with Crippen LogP contribution in [0.15, 0.2) is 66.9 Å². The summed E-state index contributed by atoms with van der Waals surface area (Å²) >= 11 is 0. The molecule has 0 aliphatic rings. The van der Waals surface area contributed by atoms with Gasteiger partial charge in [0.2, 0.25) is 5.88 Å². The Labute approximate surface area is 160 Å². The minimum absolute atomic E-state index is 0.214. The molecule has 0 radical (unpaired) electrons. The molecule has 3 rings (SSSR count). The molecule has 1 unspecified atom stereocenters. The van der Waals surface area contributed by atoms with Crippen LogP contribution in [0.3, 0.4) is 0 Å². The molecule has 0 aliphatic carbocycles. The van der Waals surface area contributed by atoms with Gasteiger partial charge in [-0.15, -0.1) is 0 Å². The van der Waals surface area contributed by atoms with Gasteiger partial charge in [-0.25, -0.2) is 13.8 Å². The number of hydrogen-bond donors (Lipinski definition) is 1. The van der Waals surface area contributed by atoms with Crippen LogP contribution < -0.4 is 14.8 Å². The Morgan fingerprint density at radius 2 is 1.79 bits per heavy atom. The molecule has 0 bridgehead atoms. The van der Waals surface area contributed by atoms with Crippen molar-refractivity contribution in [3.05, 3.63) is 84.1 Å². The highest BCUT2D eigenvalue weighted by Gasteiger charge is 2.12. The van der Waals surface area contributed by atoms with E-state index in [2.05, 4.69) is 10.3 Å². The fourth-order valence-electron chi connectivity index (χ4n) is 2.43. The molecule has 1 amide bonds. The Hall–Kier alpha value is -3.48. The predicted octanol–water partition coefficient (Wildman–Crippen LogP) is 4.41. The molecule has 7 heteroatoms. The number of nitrogens with one attached hydrogen (secondary N) is 1. The van der Waals surface area contributed by atoms with E-state index in [0.717, 1.165) is 12.1 Å². The first-order valence-electron chi connectivity index (χ1n) is 8.57. The van der Waals surface area contributed by atoms with Gasteiger partial charge in [-0.3, -0.25) is 4.79 Å². The van der Waals surface area contributed by atoms with Gasteiger partial charge in [0.05, 0.1) is 6.04 Å². The van der Waals surface area contributed by atoms with Crippen molar-refractivity contribution in [1.29, 1.82) is 0 Å². The molecule has 5 nitrogen and oxygen atoms in total. The maximum absolute atomic E-state index is 13.3. The Balaban J connectivity index is 1.49. The minimum Gasteiger partial charge on any atom is -0.484 e. The van der Waals surface area contributed by atoms with Gasteiger partial charge in [-0.1, -0.05) is 12.1 Å². The van der Waals surface area contributed by atoms with Gasteiger partial charge in [-0.2, -0.15) is 0 Å². The number of halogens is 2. The van der Waals surface area contributed by atoms with Gasteiger partial charge in [-0.05, 0) is 55.0 Å². The summed E-state index contributed by atoms with van der Waals surface area (Å²) in [7, 11) is 0. The fourth-order valence-corrected chi connectivity index (χ4v) is 2.43. The van der Waals surface area contributed by atoms with Crippen molar-refractivity contribution in [2.24, 2.45) is 0 Å². The summed E-state index contributed by atoms with van der Waals surface area (Å²) < 4.78 is 37.3. The topological polar surface area (TPSA) is 60.5 Å². The van der Waals surface area contributed by atoms with Crippen LogP contribution in [-0.2, 0) is 4.79 Å². The van der Waals surface area contributed by atoms with E-state index < -0.39 is 17.7 Å². The van der Waals surface area contributed by atoms with Crippen LogP contribution in [0.25, 0.3) is 0 Å². The van der Waals surface area contributed by atoms with E-state index in [9.17, 15) is 13.6 Å². The number of carbonyl (C=O) groups is 1. The van der Waals surface area contributed by atoms with Gasteiger partial charge in [0.1, 0.15) is 11.5 Å². The monoisotopic (exact) mass is 384 g/mol. The SMILES string of the molecule is CC(NC(=O)COc1ccc(Oc2ccccn2)cc1)c1ccc(F)c(F)c1. The van der Waals surface area contributed by atoms with Gasteiger partial charge in [0.25, 0.3) is 5.91 Å². The molecule has 28 heavy (non-hydrogen) atoms. The summed E-state index contributed by atoms with van der Waals surface area (Å²) in [6.45, 7) is 1.46. The molecule has 3 aromatic rings. The zero-order chi connectivity index (χ0) is 19.9. The standard InChI is InChI=1S/C21H18F2N2O3/c1-14(15-5-10-18(22)19(23)12-15)25-20(26)13-27-16-6-8-17(9-7-16)28-21-4-2-3-11-24-21/h2-12,14H,13H2,1H3,(H,25,26). The molecular weight excluding hydrogens is 366 g/mol. The third-order valence-electron chi connectivity index (χ3n) is 3.87. The molecule has 1 N–H and O–H groups in total. The molecule has 1 heterocycles. The molecule has 0 saturated carbocycles. The summed E-state index contributed by atoms with van der Waals surface area (Å²) in [5.74, 6) is -0.719. The van der Waals surface area contributed by atoms with Crippen molar-refractivity contribution in [3.8, 4) is 17.4 Å². The normalized spacial score (nSPS) is 11.5. The lowest BCUT2D eigenvalue weighted by Gasteiger charge is -2.15. The second-order valence-corrected chi connectivity index (χ2v) is 5.99. The Morgan fingerprint density at radius 3 is 2.46 bits per heavy atom. The van der Waals surface area contributed by atoms with Crippen LogP contribution in [0.5, 0.6) is 17.4 Å². The summed E-state index contributed by atoms with van der Waals surface area (Å²) in [6, 6.07) is 15.1. The van der Waals surface area contributed by atoms with Gasteiger partial charge < -0.3 is 14.8 Å². The number of amides is 1. The molecule has 0 aliphatic heterocycles. The number of benzene rings is 2. The van der Waals surface area contributed by atoms with Crippen LogP contribution in [-0.4, -0.2) is 17.5 Å². The molecule has 1 aromatic heterocycles. The van der Waals surface area contributed by atoms with E-state index in [-0.39, 0.29) is 12.5 Å². The van der Waals surface area contributed by atoms with Crippen molar-refractivity contribution in [2.45, 2.75) is 13.0 Å². The van der Waals surface area contributed by atoms with Gasteiger partial charge in [0, 0.05) is 12.3 Å². The zero-order valence-corrected chi connectivity index (χ0v) is 15.1. The average molecular weight is 384 g/mol. The lowest BCUT2D eigenvalue weighted by atomic mass is 10.1. The van der Waals surface area contributed by atoms with Crippen LogP contribution >= 0.6 is 0 Å². The minimum atomic E-state index is -0.956. The second kappa shape index (κ2) is 8.94. The van der Waals surface area contributed by atoms with E-state index >= 15 is 0 Å². The smallest absolute Gasteiger partial charge is 0.258 e. The Morgan fingerprint density at radius 1 is 1.04 bits per heavy atom. The number of carbonyl (C=O) groups excluding carboxylic acids is 1.